The number of methoxy groups -OCH3 is 1. The summed E-state index contributed by atoms with van der Waals surface area (Å²) in [7, 11) is 1.60. The molecular weight excluding hydrogens is 340 g/mol. The Morgan fingerprint density at radius 3 is 3.04 bits per heavy atom. The molecule has 0 spiro atoms. The van der Waals surface area contributed by atoms with Crippen LogP contribution in [0, 0.1) is 6.92 Å². The van der Waals surface area contributed by atoms with E-state index in [0.717, 1.165) is 23.6 Å². The lowest BCUT2D eigenvalue weighted by molar-refractivity contribution is -0.122. The lowest BCUT2D eigenvalue weighted by atomic mass is 10.0. The molecule has 3 rings (SSSR count). The van der Waals surface area contributed by atoms with Gasteiger partial charge in [0.25, 0.3) is 0 Å². The first-order valence-corrected chi connectivity index (χ1v) is 9.36. The molecule has 2 N–H and O–H groups in total. The number of aryl methyl sites for hydroxylation is 1. The second kappa shape index (κ2) is 8.35. The van der Waals surface area contributed by atoms with Gasteiger partial charge < -0.3 is 19.9 Å². The summed E-state index contributed by atoms with van der Waals surface area (Å²) in [4.78, 5) is 16.9. The van der Waals surface area contributed by atoms with E-state index in [1.807, 2.05) is 36.0 Å². The summed E-state index contributed by atoms with van der Waals surface area (Å²) >= 11 is 1.86. The zero-order valence-corrected chi connectivity index (χ0v) is 15.1. The van der Waals surface area contributed by atoms with E-state index in [2.05, 4.69) is 20.8 Å². The van der Waals surface area contributed by atoms with Crippen molar-refractivity contribution in [1.82, 2.24) is 20.8 Å². The fraction of sp³-hybridized carbons (Fsp3) is 0.471. The third kappa shape index (κ3) is 4.52. The Hall–Kier alpha value is -2.06. The molecule has 134 valence electrons. The van der Waals surface area contributed by atoms with Crippen LogP contribution in [0.4, 0.5) is 0 Å². The third-order valence-corrected chi connectivity index (χ3v) is 5.12. The molecule has 1 fully saturated rings. The van der Waals surface area contributed by atoms with Crippen molar-refractivity contribution in [1.29, 1.82) is 0 Å². The first-order valence-electron chi connectivity index (χ1n) is 8.21. The minimum Gasteiger partial charge on any atom is -0.496 e. The summed E-state index contributed by atoms with van der Waals surface area (Å²) in [5, 5.41) is 10.4. The number of hydrogen-bond acceptors (Lipinski definition) is 7. The first-order chi connectivity index (χ1) is 12.2. The highest BCUT2D eigenvalue weighted by molar-refractivity contribution is 7.99. The SMILES string of the molecule is COc1ccccc1C(NC(=O)CC1CSCCN1)c1noc(C)n1. The first kappa shape index (κ1) is 17.8. The molecule has 1 aromatic heterocycles. The number of benzene rings is 1. The number of hydrogen-bond donors (Lipinski definition) is 2. The van der Waals surface area contributed by atoms with Gasteiger partial charge in [-0.05, 0) is 6.07 Å². The second-order valence-electron chi connectivity index (χ2n) is 5.84. The van der Waals surface area contributed by atoms with Crippen LogP contribution in [0.5, 0.6) is 5.75 Å². The Morgan fingerprint density at radius 1 is 1.52 bits per heavy atom. The number of carbonyl (C=O) groups is 1. The number of amides is 1. The number of nitrogens with one attached hydrogen (secondary N) is 2. The van der Waals surface area contributed by atoms with E-state index >= 15 is 0 Å². The van der Waals surface area contributed by atoms with Gasteiger partial charge in [0.05, 0.1) is 7.11 Å². The zero-order valence-electron chi connectivity index (χ0n) is 14.3. The molecule has 2 heterocycles. The van der Waals surface area contributed by atoms with Gasteiger partial charge in [-0.3, -0.25) is 4.79 Å². The monoisotopic (exact) mass is 362 g/mol. The normalized spacial score (nSPS) is 18.6. The average molecular weight is 362 g/mol. The van der Waals surface area contributed by atoms with Crippen LogP contribution >= 0.6 is 11.8 Å². The summed E-state index contributed by atoms with van der Waals surface area (Å²) in [5.41, 5.74) is 0.796. The van der Waals surface area contributed by atoms with E-state index in [9.17, 15) is 4.79 Å². The van der Waals surface area contributed by atoms with Crippen molar-refractivity contribution in [3.05, 3.63) is 41.5 Å². The highest BCUT2D eigenvalue weighted by Crippen LogP contribution is 2.28. The van der Waals surface area contributed by atoms with Gasteiger partial charge in [-0.1, -0.05) is 23.4 Å². The quantitative estimate of drug-likeness (QED) is 0.808. The van der Waals surface area contributed by atoms with Crippen LogP contribution in [-0.4, -0.2) is 47.2 Å². The summed E-state index contributed by atoms with van der Waals surface area (Å²) < 4.78 is 10.5. The van der Waals surface area contributed by atoms with Crippen molar-refractivity contribution in [3.63, 3.8) is 0 Å². The molecule has 25 heavy (non-hydrogen) atoms. The Bertz CT molecular complexity index is 715. The van der Waals surface area contributed by atoms with E-state index in [1.165, 1.54) is 0 Å². The molecule has 0 aliphatic carbocycles. The van der Waals surface area contributed by atoms with Gasteiger partial charge in [-0.25, -0.2) is 0 Å². The highest BCUT2D eigenvalue weighted by atomic mass is 32.2. The Morgan fingerprint density at radius 2 is 2.36 bits per heavy atom. The zero-order chi connectivity index (χ0) is 17.6. The van der Waals surface area contributed by atoms with Crippen molar-refractivity contribution in [2.75, 3.05) is 25.2 Å². The van der Waals surface area contributed by atoms with E-state index in [0.29, 0.717) is 23.9 Å². The Labute approximate surface area is 150 Å². The lowest BCUT2D eigenvalue weighted by Crippen LogP contribution is -2.42. The smallest absolute Gasteiger partial charge is 0.223 e. The lowest BCUT2D eigenvalue weighted by Gasteiger charge is -2.24. The van der Waals surface area contributed by atoms with Crippen molar-refractivity contribution in [2.45, 2.75) is 25.4 Å². The minimum absolute atomic E-state index is 0.0571. The fourth-order valence-corrected chi connectivity index (χ4v) is 3.76. The second-order valence-corrected chi connectivity index (χ2v) is 6.99. The van der Waals surface area contributed by atoms with Crippen LogP contribution < -0.4 is 15.4 Å². The van der Waals surface area contributed by atoms with Gasteiger partial charge >= 0.3 is 0 Å². The van der Waals surface area contributed by atoms with Gasteiger partial charge in [-0.2, -0.15) is 16.7 Å². The number of thioether (sulfide) groups is 1. The van der Waals surface area contributed by atoms with Gasteiger partial charge in [-0.15, -0.1) is 0 Å². The van der Waals surface area contributed by atoms with Crippen LogP contribution in [0.1, 0.15) is 29.7 Å². The number of para-hydroxylation sites is 1. The summed E-state index contributed by atoms with van der Waals surface area (Å²) in [5.74, 6) is 3.51. The van der Waals surface area contributed by atoms with Gasteiger partial charge in [0, 0.05) is 43.0 Å². The molecular formula is C17H22N4O3S. The fourth-order valence-electron chi connectivity index (χ4n) is 2.81. The Kier molecular flexibility index (Phi) is 5.93. The molecule has 1 amide bonds. The van der Waals surface area contributed by atoms with Crippen molar-refractivity contribution >= 4 is 17.7 Å². The van der Waals surface area contributed by atoms with Crippen LogP contribution in [0.3, 0.4) is 0 Å². The molecule has 2 unspecified atom stereocenters. The number of carbonyl (C=O) groups excluding carboxylic acids is 1. The Balaban J connectivity index is 1.80. The topological polar surface area (TPSA) is 89.3 Å². The van der Waals surface area contributed by atoms with Crippen molar-refractivity contribution in [3.8, 4) is 5.75 Å². The van der Waals surface area contributed by atoms with Gasteiger partial charge in [0.2, 0.25) is 11.8 Å². The predicted molar refractivity (Wildman–Crippen MR) is 95.7 cm³/mol. The van der Waals surface area contributed by atoms with Crippen molar-refractivity contribution in [2.24, 2.45) is 0 Å². The number of ether oxygens (including phenoxy) is 1. The van der Waals surface area contributed by atoms with E-state index < -0.39 is 6.04 Å². The van der Waals surface area contributed by atoms with Gasteiger partial charge in [0.1, 0.15) is 11.8 Å². The maximum absolute atomic E-state index is 12.6. The van der Waals surface area contributed by atoms with Crippen molar-refractivity contribution < 1.29 is 14.1 Å². The molecule has 1 aliphatic heterocycles. The molecule has 1 aliphatic rings. The average Bonchev–Trinajstić information content (AvgIpc) is 3.06. The summed E-state index contributed by atoms with van der Waals surface area (Å²) in [6.45, 7) is 2.66. The van der Waals surface area contributed by atoms with Crippen LogP contribution in [0.2, 0.25) is 0 Å². The highest BCUT2D eigenvalue weighted by Gasteiger charge is 2.26. The molecule has 8 heteroatoms. The molecule has 0 bridgehead atoms. The van der Waals surface area contributed by atoms with Crippen LogP contribution in [-0.2, 0) is 4.79 Å². The maximum atomic E-state index is 12.6. The molecule has 7 nitrogen and oxygen atoms in total. The van der Waals surface area contributed by atoms with Gasteiger partial charge in [0.15, 0.2) is 5.82 Å². The number of nitrogens with zero attached hydrogens (tertiary/aromatic N) is 2. The largest absolute Gasteiger partial charge is 0.496 e. The molecule has 0 saturated carbocycles. The standard InChI is InChI=1S/C17H22N4O3S/c1-11-19-17(21-24-11)16(13-5-3-4-6-14(13)23-2)20-15(22)9-12-10-25-8-7-18-12/h3-6,12,16,18H,7-10H2,1-2H3,(H,20,22). The number of aromatic nitrogens is 2. The molecule has 1 saturated heterocycles. The maximum Gasteiger partial charge on any atom is 0.223 e. The minimum atomic E-state index is -0.516. The van der Waals surface area contributed by atoms with Crippen LogP contribution in [0.15, 0.2) is 28.8 Å². The number of rotatable bonds is 6. The summed E-state index contributed by atoms with van der Waals surface area (Å²) in [6.07, 6.45) is 0.412. The van der Waals surface area contributed by atoms with Crippen LogP contribution in [0.25, 0.3) is 0 Å². The molecule has 2 atom stereocenters. The predicted octanol–water partition coefficient (Wildman–Crippen LogP) is 1.69. The molecule has 0 radical (unpaired) electrons. The summed E-state index contributed by atoms with van der Waals surface area (Å²) in [6, 6.07) is 7.18. The van der Waals surface area contributed by atoms with E-state index in [4.69, 9.17) is 9.26 Å². The van der Waals surface area contributed by atoms with E-state index in [1.54, 1.807) is 14.0 Å². The van der Waals surface area contributed by atoms with E-state index in [-0.39, 0.29) is 11.9 Å². The molecule has 1 aromatic carbocycles. The molecule has 2 aromatic rings. The third-order valence-electron chi connectivity index (χ3n) is 3.99.